The van der Waals surface area contributed by atoms with Crippen molar-refractivity contribution in [1.29, 1.82) is 0 Å². The molecule has 0 radical (unpaired) electrons. The molecule has 0 aliphatic carbocycles. The first-order valence-corrected chi connectivity index (χ1v) is 11.1. The molecular formula is C21H26N2O2S2. The van der Waals surface area contributed by atoms with Crippen LogP contribution in [0.25, 0.3) is 0 Å². The Morgan fingerprint density at radius 2 is 1.96 bits per heavy atom. The van der Waals surface area contributed by atoms with Crippen LogP contribution in [0.5, 0.6) is 0 Å². The summed E-state index contributed by atoms with van der Waals surface area (Å²) in [7, 11) is 0. The highest BCUT2D eigenvalue weighted by atomic mass is 32.2. The SMILES string of the molecule is Cc1ccccc1[C@H]1S[C@@H](C)C(=O)N1CCN(C(=O)c1cccs1)C(C)C. The van der Waals surface area contributed by atoms with Crippen molar-refractivity contribution in [1.82, 2.24) is 9.80 Å². The average molecular weight is 403 g/mol. The standard InChI is InChI=1S/C21H26N2O2S2/c1-14(2)22(20(25)18-10-7-13-26-18)11-12-23-19(24)16(4)27-21(23)17-9-6-5-8-15(17)3/h5-10,13-14,16,21H,11-12H2,1-4H3/t16-,21+/m0/s1. The van der Waals surface area contributed by atoms with Gasteiger partial charge in [0.1, 0.15) is 5.37 Å². The highest BCUT2D eigenvalue weighted by molar-refractivity contribution is 8.01. The van der Waals surface area contributed by atoms with Gasteiger partial charge in [-0.15, -0.1) is 23.1 Å². The minimum atomic E-state index is -0.0601. The molecule has 0 spiro atoms. The predicted octanol–water partition coefficient (Wildman–Crippen LogP) is 4.57. The third-order valence-corrected chi connectivity index (χ3v) is 7.13. The minimum absolute atomic E-state index is 0.0135. The fraction of sp³-hybridized carbons (Fsp3) is 0.429. The number of hydrogen-bond donors (Lipinski definition) is 0. The third kappa shape index (κ3) is 4.22. The van der Waals surface area contributed by atoms with Crippen molar-refractivity contribution in [3.05, 3.63) is 57.8 Å². The van der Waals surface area contributed by atoms with E-state index in [1.54, 1.807) is 11.8 Å². The summed E-state index contributed by atoms with van der Waals surface area (Å²) in [5, 5.41) is 1.87. The second kappa shape index (κ2) is 8.48. The van der Waals surface area contributed by atoms with E-state index in [-0.39, 0.29) is 28.5 Å². The summed E-state index contributed by atoms with van der Waals surface area (Å²) >= 11 is 3.15. The van der Waals surface area contributed by atoms with E-state index in [1.807, 2.05) is 60.2 Å². The summed E-state index contributed by atoms with van der Waals surface area (Å²) < 4.78 is 0. The fourth-order valence-corrected chi connectivity index (χ4v) is 5.44. The highest BCUT2D eigenvalue weighted by Crippen LogP contribution is 2.43. The first-order chi connectivity index (χ1) is 12.9. The molecule has 27 heavy (non-hydrogen) atoms. The zero-order valence-electron chi connectivity index (χ0n) is 16.2. The highest BCUT2D eigenvalue weighted by Gasteiger charge is 2.39. The number of carbonyl (C=O) groups excluding carboxylic acids is 2. The van der Waals surface area contributed by atoms with Crippen molar-refractivity contribution in [2.24, 2.45) is 0 Å². The molecule has 3 rings (SSSR count). The minimum Gasteiger partial charge on any atom is -0.334 e. The van der Waals surface area contributed by atoms with Crippen LogP contribution in [0.3, 0.4) is 0 Å². The molecule has 1 aromatic heterocycles. The summed E-state index contributed by atoms with van der Waals surface area (Å²) in [6.45, 7) is 9.18. The lowest BCUT2D eigenvalue weighted by Gasteiger charge is -2.31. The molecule has 1 saturated heterocycles. The predicted molar refractivity (Wildman–Crippen MR) is 113 cm³/mol. The largest absolute Gasteiger partial charge is 0.334 e. The van der Waals surface area contributed by atoms with Gasteiger partial charge in [0.15, 0.2) is 0 Å². The average Bonchev–Trinajstić information content (AvgIpc) is 3.26. The van der Waals surface area contributed by atoms with Crippen LogP contribution in [0.2, 0.25) is 0 Å². The van der Waals surface area contributed by atoms with Gasteiger partial charge >= 0.3 is 0 Å². The first kappa shape index (κ1) is 20.0. The number of rotatable bonds is 6. The van der Waals surface area contributed by atoms with Gasteiger partial charge in [-0.2, -0.15) is 0 Å². The number of aryl methyl sites for hydroxylation is 1. The molecule has 0 N–H and O–H groups in total. The number of nitrogens with zero attached hydrogens (tertiary/aromatic N) is 2. The topological polar surface area (TPSA) is 40.6 Å². The molecule has 2 atom stereocenters. The molecule has 2 aromatic rings. The van der Waals surface area contributed by atoms with Gasteiger partial charge in [0.2, 0.25) is 5.91 Å². The monoisotopic (exact) mass is 402 g/mol. The van der Waals surface area contributed by atoms with Crippen LogP contribution < -0.4 is 0 Å². The van der Waals surface area contributed by atoms with Gasteiger partial charge in [-0.05, 0) is 50.3 Å². The number of hydrogen-bond acceptors (Lipinski definition) is 4. The van der Waals surface area contributed by atoms with Crippen LogP contribution in [0.4, 0.5) is 0 Å². The van der Waals surface area contributed by atoms with Crippen LogP contribution >= 0.6 is 23.1 Å². The molecular weight excluding hydrogens is 376 g/mol. The van der Waals surface area contributed by atoms with E-state index in [0.29, 0.717) is 13.1 Å². The van der Waals surface area contributed by atoms with Crippen molar-refractivity contribution in [2.45, 2.75) is 44.4 Å². The Balaban J connectivity index is 1.78. The van der Waals surface area contributed by atoms with Crippen LogP contribution in [-0.4, -0.2) is 46.0 Å². The summed E-state index contributed by atoms with van der Waals surface area (Å²) in [5.41, 5.74) is 2.37. The quantitative estimate of drug-likeness (QED) is 0.711. The van der Waals surface area contributed by atoms with E-state index >= 15 is 0 Å². The summed E-state index contributed by atoms with van der Waals surface area (Å²) in [6, 6.07) is 12.1. The molecule has 144 valence electrons. The maximum atomic E-state index is 12.8. The lowest BCUT2D eigenvalue weighted by atomic mass is 10.1. The fourth-order valence-electron chi connectivity index (χ4n) is 3.36. The molecule has 4 nitrogen and oxygen atoms in total. The van der Waals surface area contributed by atoms with Crippen molar-refractivity contribution in [3.8, 4) is 0 Å². The molecule has 0 unspecified atom stereocenters. The first-order valence-electron chi connectivity index (χ1n) is 9.26. The third-order valence-electron chi connectivity index (χ3n) is 4.90. The Morgan fingerprint density at radius 3 is 2.59 bits per heavy atom. The van der Waals surface area contributed by atoms with Gasteiger partial charge in [0, 0.05) is 19.1 Å². The Hall–Kier alpha value is -1.79. The molecule has 2 amide bonds. The van der Waals surface area contributed by atoms with Crippen molar-refractivity contribution >= 4 is 34.9 Å². The van der Waals surface area contributed by atoms with E-state index in [2.05, 4.69) is 19.1 Å². The van der Waals surface area contributed by atoms with Crippen LogP contribution in [0.1, 0.15) is 46.9 Å². The molecule has 1 aliphatic heterocycles. The van der Waals surface area contributed by atoms with E-state index in [9.17, 15) is 9.59 Å². The zero-order chi connectivity index (χ0) is 19.6. The van der Waals surface area contributed by atoms with Gasteiger partial charge in [-0.3, -0.25) is 9.59 Å². The van der Waals surface area contributed by atoms with Gasteiger partial charge < -0.3 is 9.80 Å². The second-order valence-electron chi connectivity index (χ2n) is 7.09. The molecule has 0 saturated carbocycles. The Kier molecular flexibility index (Phi) is 6.27. The van der Waals surface area contributed by atoms with Crippen LogP contribution in [0, 0.1) is 6.92 Å². The maximum Gasteiger partial charge on any atom is 0.264 e. The van der Waals surface area contributed by atoms with E-state index in [1.165, 1.54) is 22.5 Å². The van der Waals surface area contributed by atoms with Gasteiger partial charge in [0.25, 0.3) is 5.91 Å². The second-order valence-corrected chi connectivity index (χ2v) is 9.46. The lowest BCUT2D eigenvalue weighted by Crippen LogP contribution is -2.43. The van der Waals surface area contributed by atoms with Crippen molar-refractivity contribution in [3.63, 3.8) is 0 Å². The van der Waals surface area contributed by atoms with Crippen molar-refractivity contribution in [2.75, 3.05) is 13.1 Å². The normalized spacial score (nSPS) is 19.7. The summed E-state index contributed by atoms with van der Waals surface area (Å²) in [4.78, 5) is 30.2. The van der Waals surface area contributed by atoms with Gasteiger partial charge in [0.05, 0.1) is 10.1 Å². The number of thiophene rings is 1. The molecule has 1 aliphatic rings. The molecule has 1 aromatic carbocycles. The smallest absolute Gasteiger partial charge is 0.264 e. The van der Waals surface area contributed by atoms with E-state index in [4.69, 9.17) is 0 Å². The summed E-state index contributed by atoms with van der Waals surface area (Å²) in [6.07, 6.45) is 0. The maximum absolute atomic E-state index is 12.8. The molecule has 0 bridgehead atoms. The number of thioether (sulfide) groups is 1. The zero-order valence-corrected chi connectivity index (χ0v) is 17.8. The molecule has 2 heterocycles. The Morgan fingerprint density at radius 1 is 1.22 bits per heavy atom. The van der Waals surface area contributed by atoms with Gasteiger partial charge in [-0.1, -0.05) is 30.3 Å². The van der Waals surface area contributed by atoms with Crippen molar-refractivity contribution < 1.29 is 9.59 Å². The lowest BCUT2D eigenvalue weighted by molar-refractivity contribution is -0.130. The number of carbonyl (C=O) groups is 2. The summed E-state index contributed by atoms with van der Waals surface area (Å²) in [5.74, 6) is 0.195. The number of amides is 2. The van der Waals surface area contributed by atoms with Gasteiger partial charge in [-0.25, -0.2) is 0 Å². The van der Waals surface area contributed by atoms with Crippen LogP contribution in [0.15, 0.2) is 41.8 Å². The molecule has 1 fully saturated rings. The Labute approximate surface area is 169 Å². The molecule has 6 heteroatoms. The van der Waals surface area contributed by atoms with Crippen LogP contribution in [-0.2, 0) is 4.79 Å². The Bertz CT molecular complexity index is 804. The number of benzene rings is 1. The van der Waals surface area contributed by atoms with E-state index in [0.717, 1.165) is 4.88 Å². The van der Waals surface area contributed by atoms with E-state index < -0.39 is 0 Å².